The molecule has 23 heavy (non-hydrogen) atoms. The third-order valence-corrected chi connectivity index (χ3v) is 4.61. The van der Waals surface area contributed by atoms with Crippen LogP contribution in [-0.2, 0) is 9.53 Å². The molecule has 5 heteroatoms. The fourth-order valence-corrected chi connectivity index (χ4v) is 2.96. The number of esters is 1. The smallest absolute Gasteiger partial charge is 0.338 e. The van der Waals surface area contributed by atoms with Crippen molar-refractivity contribution >= 4 is 11.9 Å². The Hall–Kier alpha value is -2.35. The van der Waals surface area contributed by atoms with Crippen LogP contribution in [0.3, 0.4) is 0 Å². The Morgan fingerprint density at radius 1 is 1.35 bits per heavy atom. The van der Waals surface area contributed by atoms with E-state index in [9.17, 15) is 9.59 Å². The molecule has 2 rings (SSSR count). The molecule has 0 bridgehead atoms. The van der Waals surface area contributed by atoms with Gasteiger partial charge in [0, 0.05) is 6.04 Å². The van der Waals surface area contributed by atoms with E-state index in [1.54, 1.807) is 18.2 Å². The van der Waals surface area contributed by atoms with Gasteiger partial charge in [-0.2, -0.15) is 5.26 Å². The summed E-state index contributed by atoms with van der Waals surface area (Å²) in [6, 6.07) is 8.34. The van der Waals surface area contributed by atoms with Gasteiger partial charge < -0.3 is 10.1 Å². The van der Waals surface area contributed by atoms with Gasteiger partial charge in [0.05, 0.1) is 17.2 Å². The molecule has 1 aliphatic rings. The van der Waals surface area contributed by atoms with E-state index >= 15 is 0 Å². The molecule has 3 atom stereocenters. The van der Waals surface area contributed by atoms with Crippen LogP contribution >= 0.6 is 0 Å². The molecule has 0 aliphatic heterocycles. The summed E-state index contributed by atoms with van der Waals surface area (Å²) in [5.41, 5.74) is 0.658. The number of hydrogen-bond donors (Lipinski definition) is 1. The van der Waals surface area contributed by atoms with Gasteiger partial charge >= 0.3 is 5.97 Å². The summed E-state index contributed by atoms with van der Waals surface area (Å²) in [7, 11) is 0. The minimum Gasteiger partial charge on any atom is -0.452 e. The van der Waals surface area contributed by atoms with E-state index < -0.39 is 5.97 Å². The van der Waals surface area contributed by atoms with Crippen molar-refractivity contribution in [1.29, 1.82) is 5.26 Å². The predicted molar refractivity (Wildman–Crippen MR) is 85.5 cm³/mol. The quantitative estimate of drug-likeness (QED) is 0.867. The summed E-state index contributed by atoms with van der Waals surface area (Å²) in [5.74, 6) is 0.143. The van der Waals surface area contributed by atoms with Crippen molar-refractivity contribution in [3.8, 4) is 6.07 Å². The molecule has 5 nitrogen and oxygen atoms in total. The van der Waals surface area contributed by atoms with Crippen LogP contribution in [0.5, 0.6) is 0 Å². The van der Waals surface area contributed by atoms with E-state index in [2.05, 4.69) is 19.2 Å². The number of nitrogens with zero attached hydrogens (tertiary/aromatic N) is 1. The zero-order valence-electron chi connectivity index (χ0n) is 13.5. The highest BCUT2D eigenvalue weighted by Crippen LogP contribution is 2.29. The first-order valence-electron chi connectivity index (χ1n) is 7.98. The van der Waals surface area contributed by atoms with Gasteiger partial charge in [-0.1, -0.05) is 32.8 Å². The zero-order chi connectivity index (χ0) is 16.8. The Bertz CT molecular complexity index is 621. The normalized spacial score (nSPS) is 23.6. The highest BCUT2D eigenvalue weighted by molar-refractivity contribution is 5.91. The molecule has 0 radical (unpaired) electrons. The van der Waals surface area contributed by atoms with Crippen molar-refractivity contribution < 1.29 is 14.3 Å². The summed E-state index contributed by atoms with van der Waals surface area (Å²) in [5, 5.41) is 11.8. The third-order valence-electron chi connectivity index (χ3n) is 4.61. The number of rotatable bonds is 4. The second-order valence-electron chi connectivity index (χ2n) is 6.21. The molecule has 1 saturated carbocycles. The number of carbonyl (C=O) groups is 2. The zero-order valence-corrected chi connectivity index (χ0v) is 13.5. The van der Waals surface area contributed by atoms with E-state index in [4.69, 9.17) is 10.00 Å². The Morgan fingerprint density at radius 2 is 2.13 bits per heavy atom. The highest BCUT2D eigenvalue weighted by Gasteiger charge is 2.28. The largest absolute Gasteiger partial charge is 0.452 e. The van der Waals surface area contributed by atoms with Crippen LogP contribution in [0.25, 0.3) is 0 Å². The first-order chi connectivity index (χ1) is 11.0. The average molecular weight is 314 g/mol. The van der Waals surface area contributed by atoms with Crippen molar-refractivity contribution in [2.24, 2.45) is 11.8 Å². The lowest BCUT2D eigenvalue weighted by molar-refractivity contribution is -0.125. The lowest BCUT2D eigenvalue weighted by atomic mass is 9.78. The maximum absolute atomic E-state index is 12.0. The average Bonchev–Trinajstić information content (AvgIpc) is 2.57. The molecule has 0 heterocycles. The monoisotopic (exact) mass is 314 g/mol. The maximum Gasteiger partial charge on any atom is 0.338 e. The van der Waals surface area contributed by atoms with Crippen LogP contribution in [0.1, 0.15) is 49.0 Å². The van der Waals surface area contributed by atoms with E-state index in [0.29, 0.717) is 17.4 Å². The van der Waals surface area contributed by atoms with Gasteiger partial charge in [-0.05, 0) is 36.5 Å². The highest BCUT2D eigenvalue weighted by atomic mass is 16.5. The van der Waals surface area contributed by atoms with Crippen molar-refractivity contribution in [3.05, 3.63) is 35.4 Å². The number of hydrogen-bond acceptors (Lipinski definition) is 4. The SMILES string of the molecule is CC1CCCC(NC(=O)COC(=O)c2cccc(C#N)c2)C1C. The Balaban J connectivity index is 1.84. The number of benzene rings is 1. The molecule has 122 valence electrons. The Kier molecular flexibility index (Phi) is 5.75. The van der Waals surface area contributed by atoms with Crippen LogP contribution in [0, 0.1) is 23.2 Å². The molecule has 0 spiro atoms. The van der Waals surface area contributed by atoms with Crippen molar-refractivity contribution in [3.63, 3.8) is 0 Å². The van der Waals surface area contributed by atoms with Crippen LogP contribution in [0.4, 0.5) is 0 Å². The molecule has 3 unspecified atom stereocenters. The van der Waals surface area contributed by atoms with Gasteiger partial charge in [-0.15, -0.1) is 0 Å². The molecular weight excluding hydrogens is 292 g/mol. The first kappa shape index (κ1) is 17.0. The predicted octanol–water partition coefficient (Wildman–Crippen LogP) is 2.66. The molecule has 1 fully saturated rings. The number of carbonyl (C=O) groups excluding carboxylic acids is 2. The molecule has 1 aromatic rings. The molecule has 0 saturated heterocycles. The van der Waals surface area contributed by atoms with E-state index in [-0.39, 0.29) is 24.1 Å². The molecule has 1 N–H and O–H groups in total. The number of amides is 1. The molecule has 1 aliphatic carbocycles. The van der Waals surface area contributed by atoms with Crippen LogP contribution in [0.2, 0.25) is 0 Å². The van der Waals surface area contributed by atoms with Gasteiger partial charge in [0.1, 0.15) is 0 Å². The van der Waals surface area contributed by atoms with Crippen molar-refractivity contribution in [1.82, 2.24) is 5.32 Å². The topological polar surface area (TPSA) is 79.2 Å². The molecule has 1 aromatic carbocycles. The second kappa shape index (κ2) is 7.77. The standard InChI is InChI=1S/C18H22N2O3/c1-12-5-3-8-16(13(12)2)20-17(21)11-23-18(22)15-7-4-6-14(9-15)10-19/h4,6-7,9,12-13,16H,3,5,8,11H2,1-2H3,(H,20,21). The van der Waals surface area contributed by atoms with Gasteiger partial charge in [0.2, 0.25) is 0 Å². The molecule has 0 aromatic heterocycles. The minimum absolute atomic E-state index is 0.145. The maximum atomic E-state index is 12.0. The molecular formula is C18H22N2O3. The van der Waals surface area contributed by atoms with E-state index in [0.717, 1.165) is 12.8 Å². The number of ether oxygens (including phenoxy) is 1. The van der Waals surface area contributed by atoms with Gasteiger partial charge in [-0.3, -0.25) is 4.79 Å². The Morgan fingerprint density at radius 3 is 2.87 bits per heavy atom. The van der Waals surface area contributed by atoms with Gasteiger partial charge in [0.25, 0.3) is 5.91 Å². The van der Waals surface area contributed by atoms with Gasteiger partial charge in [0.15, 0.2) is 6.61 Å². The van der Waals surface area contributed by atoms with Crippen molar-refractivity contribution in [2.45, 2.75) is 39.2 Å². The van der Waals surface area contributed by atoms with Crippen molar-refractivity contribution in [2.75, 3.05) is 6.61 Å². The third kappa shape index (κ3) is 4.56. The number of nitriles is 1. The van der Waals surface area contributed by atoms with Crippen LogP contribution < -0.4 is 5.32 Å². The number of nitrogens with one attached hydrogen (secondary N) is 1. The fourth-order valence-electron chi connectivity index (χ4n) is 2.96. The summed E-state index contributed by atoms with van der Waals surface area (Å²) in [6.45, 7) is 4.05. The minimum atomic E-state index is -0.595. The molecule has 1 amide bonds. The summed E-state index contributed by atoms with van der Waals surface area (Å²) in [6.07, 6.45) is 3.27. The van der Waals surface area contributed by atoms with Gasteiger partial charge in [-0.25, -0.2) is 4.79 Å². The summed E-state index contributed by atoms with van der Waals surface area (Å²) in [4.78, 5) is 23.9. The van der Waals surface area contributed by atoms with E-state index in [1.807, 2.05) is 6.07 Å². The fraction of sp³-hybridized carbons (Fsp3) is 0.500. The van der Waals surface area contributed by atoms with Crippen LogP contribution in [-0.4, -0.2) is 24.5 Å². The Labute approximate surface area is 136 Å². The summed E-state index contributed by atoms with van der Waals surface area (Å²) >= 11 is 0. The summed E-state index contributed by atoms with van der Waals surface area (Å²) < 4.78 is 5.03. The lowest BCUT2D eigenvalue weighted by Gasteiger charge is -2.34. The first-order valence-corrected chi connectivity index (χ1v) is 7.98. The second-order valence-corrected chi connectivity index (χ2v) is 6.21. The van der Waals surface area contributed by atoms with Crippen LogP contribution in [0.15, 0.2) is 24.3 Å². The van der Waals surface area contributed by atoms with E-state index in [1.165, 1.54) is 12.5 Å². The lowest BCUT2D eigenvalue weighted by Crippen LogP contribution is -2.45.